The fourth-order valence-electron chi connectivity index (χ4n) is 4.24. The van der Waals surface area contributed by atoms with Crippen LogP contribution in [0.4, 0.5) is 5.69 Å². The number of anilines is 1. The Hall–Kier alpha value is -2.54. The number of unbranched alkanes of at least 4 members (excludes halogenated alkanes) is 1. The number of fused-ring (bicyclic) bond motifs is 2. The van der Waals surface area contributed by atoms with Crippen molar-refractivity contribution in [1.29, 1.82) is 0 Å². The Bertz CT molecular complexity index is 1070. The second kappa shape index (κ2) is 10.9. The van der Waals surface area contributed by atoms with Gasteiger partial charge < -0.3 is 20.1 Å². The van der Waals surface area contributed by atoms with Crippen LogP contribution in [-0.2, 0) is 24.3 Å². The molecular weight excluding hydrogens is 418 g/mol. The van der Waals surface area contributed by atoms with Crippen molar-refractivity contribution in [2.45, 2.75) is 51.8 Å². The Kier molecular flexibility index (Phi) is 7.68. The van der Waals surface area contributed by atoms with Crippen molar-refractivity contribution in [3.05, 3.63) is 71.5 Å². The molecular formula is C26H31N3O2S. The molecule has 0 amide bonds. The fourth-order valence-corrected chi connectivity index (χ4v) is 4.57. The summed E-state index contributed by atoms with van der Waals surface area (Å²) in [7, 11) is 0. The number of nitrogens with zero attached hydrogens (tertiary/aromatic N) is 2. The molecule has 2 heterocycles. The summed E-state index contributed by atoms with van der Waals surface area (Å²) in [5, 5.41) is 15.9. The zero-order valence-corrected chi connectivity index (χ0v) is 19.4. The van der Waals surface area contributed by atoms with Crippen LogP contribution in [0.2, 0.25) is 0 Å². The Morgan fingerprint density at radius 2 is 2.06 bits per heavy atom. The second-order valence-corrected chi connectivity index (χ2v) is 8.69. The number of pyridine rings is 1. The molecule has 2 N–H and O–H groups in total. The average molecular weight is 450 g/mol. The number of aliphatic hydroxyl groups is 1. The molecule has 3 aromatic rings. The summed E-state index contributed by atoms with van der Waals surface area (Å²) < 4.78 is 5.76. The Morgan fingerprint density at radius 1 is 1.22 bits per heavy atom. The van der Waals surface area contributed by atoms with Crippen molar-refractivity contribution in [3.8, 4) is 0 Å². The molecule has 4 rings (SSSR count). The van der Waals surface area contributed by atoms with Crippen LogP contribution in [0.3, 0.4) is 0 Å². The molecule has 0 fully saturated rings. The molecule has 6 heteroatoms. The third-order valence-corrected chi connectivity index (χ3v) is 6.37. The lowest BCUT2D eigenvalue weighted by Gasteiger charge is -2.38. The number of hydrogen-bond donors (Lipinski definition) is 2. The molecule has 0 saturated carbocycles. The van der Waals surface area contributed by atoms with Gasteiger partial charge in [-0.2, -0.15) is 0 Å². The molecule has 0 unspecified atom stereocenters. The van der Waals surface area contributed by atoms with Crippen LogP contribution < -0.4 is 5.32 Å². The maximum atomic E-state index is 9.62. The van der Waals surface area contributed by atoms with Crippen LogP contribution in [0, 0.1) is 0 Å². The normalized spacial score (nSPS) is 15.6. The maximum Gasteiger partial charge on any atom is 0.174 e. The third kappa shape index (κ3) is 5.26. The highest BCUT2D eigenvalue weighted by Gasteiger charge is 2.27. The van der Waals surface area contributed by atoms with Crippen LogP contribution >= 0.6 is 12.2 Å². The average Bonchev–Trinajstić information content (AvgIpc) is 2.82. The van der Waals surface area contributed by atoms with Gasteiger partial charge in [0.25, 0.3) is 0 Å². The first-order valence-electron chi connectivity index (χ1n) is 11.4. The van der Waals surface area contributed by atoms with Crippen LogP contribution in [0.5, 0.6) is 0 Å². The topological polar surface area (TPSA) is 57.6 Å². The largest absolute Gasteiger partial charge is 0.396 e. The Balaban J connectivity index is 1.54. The number of ether oxygens (including phenoxy) is 1. The molecule has 1 aliphatic heterocycles. The maximum absolute atomic E-state index is 9.62. The second-order valence-electron chi connectivity index (χ2n) is 8.31. The quantitative estimate of drug-likeness (QED) is 0.370. The van der Waals surface area contributed by atoms with E-state index in [1.165, 1.54) is 11.1 Å². The predicted octanol–water partition coefficient (Wildman–Crippen LogP) is 5.06. The first-order chi connectivity index (χ1) is 15.7. The summed E-state index contributed by atoms with van der Waals surface area (Å²) in [4.78, 5) is 6.76. The molecule has 168 valence electrons. The molecule has 0 aliphatic carbocycles. The number of benzene rings is 2. The molecule has 1 aliphatic rings. The van der Waals surface area contributed by atoms with Gasteiger partial charge in [-0.3, -0.25) is 4.98 Å². The lowest BCUT2D eigenvalue weighted by molar-refractivity contribution is 0.115. The highest BCUT2D eigenvalue weighted by molar-refractivity contribution is 7.80. The number of nitrogens with one attached hydrogen (secondary N) is 1. The lowest BCUT2D eigenvalue weighted by atomic mass is 9.93. The highest BCUT2D eigenvalue weighted by Crippen LogP contribution is 2.28. The van der Waals surface area contributed by atoms with Crippen molar-refractivity contribution < 1.29 is 9.84 Å². The summed E-state index contributed by atoms with van der Waals surface area (Å²) in [6, 6.07) is 16.9. The zero-order chi connectivity index (χ0) is 22.3. The highest BCUT2D eigenvalue weighted by atomic mass is 32.1. The Morgan fingerprint density at radius 3 is 2.88 bits per heavy atom. The van der Waals surface area contributed by atoms with Crippen molar-refractivity contribution in [2.75, 3.05) is 18.5 Å². The van der Waals surface area contributed by atoms with Crippen molar-refractivity contribution >= 4 is 33.8 Å². The van der Waals surface area contributed by atoms with E-state index in [1.807, 2.05) is 12.3 Å². The first-order valence-corrected chi connectivity index (χ1v) is 11.8. The van der Waals surface area contributed by atoms with Gasteiger partial charge in [-0.05, 0) is 54.7 Å². The minimum Gasteiger partial charge on any atom is -0.396 e. The number of hydrogen-bond acceptors (Lipinski definition) is 4. The summed E-state index contributed by atoms with van der Waals surface area (Å²) in [5.74, 6) is 0. The van der Waals surface area contributed by atoms with Gasteiger partial charge in [0.2, 0.25) is 0 Å². The van der Waals surface area contributed by atoms with Gasteiger partial charge in [0.1, 0.15) is 0 Å². The predicted molar refractivity (Wildman–Crippen MR) is 134 cm³/mol. The summed E-state index contributed by atoms with van der Waals surface area (Å²) >= 11 is 5.86. The third-order valence-electron chi connectivity index (χ3n) is 6.03. The smallest absolute Gasteiger partial charge is 0.174 e. The molecule has 1 atom stereocenters. The van der Waals surface area contributed by atoms with Crippen LogP contribution in [-0.4, -0.2) is 39.4 Å². The van der Waals surface area contributed by atoms with Crippen LogP contribution in [0.15, 0.2) is 54.7 Å². The van der Waals surface area contributed by atoms with E-state index < -0.39 is 0 Å². The van der Waals surface area contributed by atoms with Gasteiger partial charge in [-0.15, -0.1) is 0 Å². The summed E-state index contributed by atoms with van der Waals surface area (Å²) in [5.41, 5.74) is 4.51. The molecule has 0 spiro atoms. The van der Waals surface area contributed by atoms with E-state index in [2.05, 4.69) is 64.6 Å². The van der Waals surface area contributed by atoms with Crippen LogP contribution in [0.1, 0.15) is 43.0 Å². The summed E-state index contributed by atoms with van der Waals surface area (Å²) in [6.07, 6.45) is 5.65. The number of thiocarbonyl (C=S) groups is 1. The van der Waals surface area contributed by atoms with Gasteiger partial charge >= 0.3 is 0 Å². The van der Waals surface area contributed by atoms with Gasteiger partial charge in [0.15, 0.2) is 5.11 Å². The van der Waals surface area contributed by atoms with E-state index in [1.54, 1.807) is 0 Å². The lowest BCUT2D eigenvalue weighted by Crippen LogP contribution is -2.46. The zero-order valence-electron chi connectivity index (χ0n) is 18.6. The molecule has 1 aromatic heterocycles. The van der Waals surface area contributed by atoms with Gasteiger partial charge in [0.05, 0.1) is 12.3 Å². The SMILES string of the molecule is CCCCOCc1cc2c(NC(=S)N3Cc4ccccc4C[C@H]3CCO)cccc2cn1. The van der Waals surface area contributed by atoms with E-state index in [4.69, 9.17) is 17.0 Å². The molecule has 0 bridgehead atoms. The van der Waals surface area contributed by atoms with E-state index in [0.717, 1.165) is 54.6 Å². The molecule has 5 nitrogen and oxygen atoms in total. The number of aliphatic hydroxyl groups excluding tert-OH is 1. The fraction of sp³-hybridized carbons (Fsp3) is 0.385. The van der Waals surface area contributed by atoms with Crippen LogP contribution in [0.25, 0.3) is 10.8 Å². The summed E-state index contributed by atoms with van der Waals surface area (Å²) in [6.45, 7) is 4.31. The van der Waals surface area contributed by atoms with Gasteiger partial charge in [-0.25, -0.2) is 0 Å². The molecule has 0 radical (unpaired) electrons. The van der Waals surface area contributed by atoms with Crippen molar-refractivity contribution in [1.82, 2.24) is 9.88 Å². The van der Waals surface area contributed by atoms with E-state index in [0.29, 0.717) is 18.1 Å². The molecule has 0 saturated heterocycles. The monoisotopic (exact) mass is 449 g/mol. The van der Waals surface area contributed by atoms with Gasteiger partial charge in [0, 0.05) is 48.5 Å². The molecule has 32 heavy (non-hydrogen) atoms. The first kappa shape index (κ1) is 22.6. The number of aromatic nitrogens is 1. The van der Waals surface area contributed by atoms with Crippen molar-refractivity contribution in [3.63, 3.8) is 0 Å². The minimum atomic E-state index is 0.146. The van der Waals surface area contributed by atoms with E-state index in [-0.39, 0.29) is 12.6 Å². The minimum absolute atomic E-state index is 0.146. The van der Waals surface area contributed by atoms with Crippen molar-refractivity contribution in [2.24, 2.45) is 0 Å². The number of rotatable bonds is 8. The van der Waals surface area contributed by atoms with E-state index >= 15 is 0 Å². The van der Waals surface area contributed by atoms with E-state index in [9.17, 15) is 5.11 Å². The standard InChI is InChI=1S/C26H31N3O2S/c1-2-3-13-31-18-22-15-24-20(16-27-22)9-6-10-25(24)28-26(32)29-17-21-8-5-4-7-19(21)14-23(29)11-12-30/h4-10,15-16,23,30H,2-3,11-14,17-18H2,1H3,(H,28,32)/t23-/m1/s1. The Labute approximate surface area is 195 Å². The molecule has 2 aromatic carbocycles. The van der Waals surface area contributed by atoms with Gasteiger partial charge in [-0.1, -0.05) is 49.7 Å².